The van der Waals surface area contributed by atoms with Gasteiger partial charge in [-0.3, -0.25) is 4.90 Å². The van der Waals surface area contributed by atoms with Crippen molar-refractivity contribution in [3.05, 3.63) is 35.9 Å². The summed E-state index contributed by atoms with van der Waals surface area (Å²) in [5.41, 5.74) is 1.51. The van der Waals surface area contributed by atoms with Crippen molar-refractivity contribution in [3.63, 3.8) is 0 Å². The molecule has 2 atom stereocenters. The highest BCUT2D eigenvalue weighted by Gasteiger charge is 2.42. The molecule has 1 aromatic rings. The summed E-state index contributed by atoms with van der Waals surface area (Å²) in [6.45, 7) is 2.39. The van der Waals surface area contributed by atoms with Crippen LogP contribution in [-0.4, -0.2) is 29.2 Å². The van der Waals surface area contributed by atoms with Gasteiger partial charge in [0.2, 0.25) is 0 Å². The Balaban J connectivity index is 1.94. The van der Waals surface area contributed by atoms with E-state index in [0.717, 1.165) is 19.3 Å². The van der Waals surface area contributed by atoms with E-state index >= 15 is 0 Å². The third kappa shape index (κ3) is 2.56. The summed E-state index contributed by atoms with van der Waals surface area (Å²) in [7, 11) is 0. The number of hydrogen-bond donors (Lipinski definition) is 1. The Morgan fingerprint density at radius 1 is 1.00 bits per heavy atom. The molecule has 104 valence electrons. The summed E-state index contributed by atoms with van der Waals surface area (Å²) in [5.74, 6) is 0. The van der Waals surface area contributed by atoms with Gasteiger partial charge in [-0.25, -0.2) is 0 Å². The minimum atomic E-state index is -0.129. The molecule has 2 aliphatic rings. The first kappa shape index (κ1) is 13.1. The second kappa shape index (κ2) is 5.64. The van der Waals surface area contributed by atoms with Crippen molar-refractivity contribution in [2.75, 3.05) is 13.1 Å². The highest BCUT2D eigenvalue weighted by molar-refractivity contribution is 5.26. The average molecular weight is 259 g/mol. The van der Waals surface area contributed by atoms with Gasteiger partial charge < -0.3 is 5.11 Å². The van der Waals surface area contributed by atoms with Crippen molar-refractivity contribution in [2.24, 2.45) is 0 Å². The monoisotopic (exact) mass is 259 g/mol. The van der Waals surface area contributed by atoms with Crippen molar-refractivity contribution >= 4 is 0 Å². The van der Waals surface area contributed by atoms with E-state index in [1.807, 2.05) is 0 Å². The van der Waals surface area contributed by atoms with E-state index in [9.17, 15) is 5.11 Å². The molecule has 2 heteroatoms. The molecule has 19 heavy (non-hydrogen) atoms. The molecule has 0 radical (unpaired) electrons. The van der Waals surface area contributed by atoms with Crippen molar-refractivity contribution in [3.8, 4) is 0 Å². The van der Waals surface area contributed by atoms with Gasteiger partial charge >= 0.3 is 0 Å². The largest absolute Gasteiger partial charge is 0.393 e. The Morgan fingerprint density at radius 2 is 1.74 bits per heavy atom. The van der Waals surface area contributed by atoms with Gasteiger partial charge in [0, 0.05) is 5.54 Å². The molecule has 1 aliphatic heterocycles. The fraction of sp³-hybridized carbons (Fsp3) is 0.647. The van der Waals surface area contributed by atoms with Gasteiger partial charge in [-0.1, -0.05) is 36.8 Å². The van der Waals surface area contributed by atoms with E-state index in [2.05, 4.69) is 35.2 Å². The number of nitrogens with zero attached hydrogens (tertiary/aromatic N) is 1. The number of rotatable bonds is 2. The zero-order valence-electron chi connectivity index (χ0n) is 11.7. The van der Waals surface area contributed by atoms with Crippen molar-refractivity contribution < 1.29 is 5.11 Å². The maximum absolute atomic E-state index is 10.2. The van der Waals surface area contributed by atoms with Gasteiger partial charge in [0.15, 0.2) is 0 Å². The smallest absolute Gasteiger partial charge is 0.0561 e. The van der Waals surface area contributed by atoms with E-state index < -0.39 is 0 Å². The fourth-order valence-corrected chi connectivity index (χ4v) is 4.03. The van der Waals surface area contributed by atoms with Crippen LogP contribution in [0.15, 0.2) is 30.3 Å². The van der Waals surface area contributed by atoms with Crippen LogP contribution in [0.25, 0.3) is 0 Å². The predicted molar refractivity (Wildman–Crippen MR) is 78.0 cm³/mol. The number of hydrogen-bond acceptors (Lipinski definition) is 2. The maximum atomic E-state index is 10.2. The number of aliphatic hydroxyl groups is 1. The van der Waals surface area contributed by atoms with Gasteiger partial charge in [-0.15, -0.1) is 0 Å². The lowest BCUT2D eigenvalue weighted by Crippen LogP contribution is -2.52. The first-order valence-electron chi connectivity index (χ1n) is 7.80. The Morgan fingerprint density at radius 3 is 2.42 bits per heavy atom. The second-order valence-electron chi connectivity index (χ2n) is 6.20. The van der Waals surface area contributed by atoms with Crippen LogP contribution in [0.4, 0.5) is 0 Å². The van der Waals surface area contributed by atoms with Crippen molar-refractivity contribution in [1.82, 2.24) is 4.90 Å². The minimum absolute atomic E-state index is 0.0966. The summed E-state index contributed by atoms with van der Waals surface area (Å²) >= 11 is 0. The molecular formula is C17H25NO. The standard InChI is InChI=1S/C17H25NO/c19-16-10-7-11-17(14-16,15-8-3-1-4-9-15)18-12-5-2-6-13-18/h1,3-4,8-9,16,19H,2,5-7,10-14H2/t16-,17-/m1/s1. The lowest BCUT2D eigenvalue weighted by atomic mass is 9.73. The van der Waals surface area contributed by atoms with E-state index in [-0.39, 0.29) is 11.6 Å². The molecular weight excluding hydrogens is 234 g/mol. The van der Waals surface area contributed by atoms with Gasteiger partial charge in [-0.05, 0) is 57.2 Å². The van der Waals surface area contributed by atoms with Crippen LogP contribution in [-0.2, 0) is 5.54 Å². The minimum Gasteiger partial charge on any atom is -0.393 e. The zero-order chi connectivity index (χ0) is 13.1. The molecule has 1 heterocycles. The SMILES string of the molecule is O[C@@H]1CCC[C@@](c2ccccc2)(N2CCCCC2)C1. The molecule has 1 saturated heterocycles. The van der Waals surface area contributed by atoms with E-state index in [4.69, 9.17) is 0 Å². The number of benzene rings is 1. The van der Waals surface area contributed by atoms with Crippen LogP contribution < -0.4 is 0 Å². The molecule has 0 aromatic heterocycles. The molecule has 2 nitrogen and oxygen atoms in total. The average Bonchev–Trinajstić information content (AvgIpc) is 2.49. The maximum Gasteiger partial charge on any atom is 0.0561 e. The zero-order valence-corrected chi connectivity index (χ0v) is 11.7. The van der Waals surface area contributed by atoms with Crippen LogP contribution in [0, 0.1) is 0 Å². The summed E-state index contributed by atoms with van der Waals surface area (Å²) in [6.07, 6.45) is 8.09. The van der Waals surface area contributed by atoms with Crippen molar-refractivity contribution in [1.29, 1.82) is 0 Å². The van der Waals surface area contributed by atoms with Crippen LogP contribution in [0.5, 0.6) is 0 Å². The highest BCUT2D eigenvalue weighted by Crippen LogP contribution is 2.43. The molecule has 2 fully saturated rings. The molecule has 1 aliphatic carbocycles. The Bertz CT molecular complexity index is 399. The van der Waals surface area contributed by atoms with Gasteiger partial charge in [0.1, 0.15) is 0 Å². The fourth-order valence-electron chi connectivity index (χ4n) is 4.03. The molecule has 0 unspecified atom stereocenters. The third-order valence-electron chi connectivity index (χ3n) is 4.97. The summed E-state index contributed by atoms with van der Waals surface area (Å²) in [4.78, 5) is 2.66. The Kier molecular flexibility index (Phi) is 3.90. The Hall–Kier alpha value is -0.860. The number of aliphatic hydroxyl groups excluding tert-OH is 1. The molecule has 0 bridgehead atoms. The predicted octanol–water partition coefficient (Wildman–Crippen LogP) is 3.30. The molecule has 1 saturated carbocycles. The van der Waals surface area contributed by atoms with Crippen LogP contribution >= 0.6 is 0 Å². The first-order valence-corrected chi connectivity index (χ1v) is 7.80. The first-order chi connectivity index (χ1) is 9.31. The molecule has 0 spiro atoms. The Labute approximate surface area is 116 Å². The van der Waals surface area contributed by atoms with Gasteiger partial charge in [-0.2, -0.15) is 0 Å². The van der Waals surface area contributed by atoms with Crippen LogP contribution in [0.2, 0.25) is 0 Å². The topological polar surface area (TPSA) is 23.5 Å². The lowest BCUT2D eigenvalue weighted by molar-refractivity contribution is -0.0209. The highest BCUT2D eigenvalue weighted by atomic mass is 16.3. The van der Waals surface area contributed by atoms with Gasteiger partial charge in [0.05, 0.1) is 6.10 Å². The van der Waals surface area contributed by atoms with E-state index in [0.29, 0.717) is 0 Å². The van der Waals surface area contributed by atoms with Crippen LogP contribution in [0.1, 0.15) is 50.5 Å². The third-order valence-corrected chi connectivity index (χ3v) is 4.97. The van der Waals surface area contributed by atoms with E-state index in [1.54, 1.807) is 0 Å². The molecule has 1 N–H and O–H groups in total. The second-order valence-corrected chi connectivity index (χ2v) is 6.20. The van der Waals surface area contributed by atoms with Crippen LogP contribution in [0.3, 0.4) is 0 Å². The number of likely N-dealkylation sites (tertiary alicyclic amines) is 1. The number of piperidine rings is 1. The molecule has 1 aromatic carbocycles. The summed E-state index contributed by atoms with van der Waals surface area (Å²) in [6, 6.07) is 10.9. The van der Waals surface area contributed by atoms with Gasteiger partial charge in [0.25, 0.3) is 0 Å². The summed E-state index contributed by atoms with van der Waals surface area (Å²) < 4.78 is 0. The normalized spacial score (nSPS) is 33.2. The quantitative estimate of drug-likeness (QED) is 0.881. The molecule has 0 amide bonds. The lowest BCUT2D eigenvalue weighted by Gasteiger charge is -2.49. The summed E-state index contributed by atoms with van der Waals surface area (Å²) in [5, 5.41) is 10.2. The molecule has 3 rings (SSSR count). The van der Waals surface area contributed by atoms with E-state index in [1.165, 1.54) is 44.3 Å². The van der Waals surface area contributed by atoms with Crippen molar-refractivity contribution in [2.45, 2.75) is 56.6 Å².